The van der Waals surface area contributed by atoms with E-state index in [2.05, 4.69) is 20.1 Å². The summed E-state index contributed by atoms with van der Waals surface area (Å²) in [7, 11) is 2.03. The van der Waals surface area contributed by atoms with Crippen LogP contribution in [0.25, 0.3) is 5.69 Å². The van der Waals surface area contributed by atoms with Crippen LogP contribution in [-0.2, 0) is 4.79 Å². The first-order valence-electron chi connectivity index (χ1n) is 11.1. The van der Waals surface area contributed by atoms with Gasteiger partial charge in [-0.2, -0.15) is 13.2 Å². The lowest BCUT2D eigenvalue weighted by Gasteiger charge is -2.36. The summed E-state index contributed by atoms with van der Waals surface area (Å²) in [5.41, 5.74) is -3.58. The van der Waals surface area contributed by atoms with Crippen LogP contribution < -0.4 is 15.9 Å². The molecule has 4 rings (SSSR count). The molecule has 1 unspecified atom stereocenters. The Hall–Kier alpha value is -3.45. The maximum Gasteiger partial charge on any atom is 0.446 e. The summed E-state index contributed by atoms with van der Waals surface area (Å²) in [4.78, 5) is 34.0. The maximum atomic E-state index is 13.4. The lowest BCUT2D eigenvalue weighted by atomic mass is 10.1. The molecule has 1 amide bonds. The number of nitrogens with zero attached hydrogens (tertiary/aromatic N) is 5. The molecule has 13 heteroatoms. The molecule has 2 N–H and O–H groups in total. The molecule has 0 bridgehead atoms. The minimum absolute atomic E-state index is 0.0528. The number of aromatic hydroxyl groups is 1. The van der Waals surface area contributed by atoms with E-state index >= 15 is 0 Å². The van der Waals surface area contributed by atoms with E-state index in [4.69, 9.17) is 0 Å². The van der Waals surface area contributed by atoms with Crippen LogP contribution in [0.2, 0.25) is 0 Å². The number of thioether (sulfide) groups is 1. The van der Waals surface area contributed by atoms with Crippen molar-refractivity contribution >= 4 is 23.4 Å². The standard InChI is InChI=1S/C23H25F3N6O3S/c1-15(33)28-21(18-7-8-27-13-19(18)30-11-9-29(2)10-12-30)31-14-20(34)32(22(31)35)16-3-5-17(6-4-16)36-23(24,25)26/h3-8,13-14,21,34H,9-12H2,1-2H3,(H,28,33). The van der Waals surface area contributed by atoms with Crippen LogP contribution in [0.4, 0.5) is 18.9 Å². The number of benzene rings is 1. The third-order valence-corrected chi connectivity index (χ3v) is 6.55. The molecular weight excluding hydrogens is 497 g/mol. The second-order valence-corrected chi connectivity index (χ2v) is 9.52. The van der Waals surface area contributed by atoms with Crippen molar-refractivity contribution in [1.29, 1.82) is 0 Å². The zero-order valence-electron chi connectivity index (χ0n) is 19.6. The molecule has 3 aromatic rings. The van der Waals surface area contributed by atoms with E-state index in [1.165, 1.54) is 42.0 Å². The zero-order chi connectivity index (χ0) is 26.0. The fourth-order valence-electron chi connectivity index (χ4n) is 4.10. The van der Waals surface area contributed by atoms with Crippen LogP contribution >= 0.6 is 11.8 Å². The molecule has 2 aromatic heterocycles. The molecule has 1 aliphatic rings. The van der Waals surface area contributed by atoms with Crippen molar-refractivity contribution in [2.75, 3.05) is 38.1 Å². The number of nitrogens with one attached hydrogen (secondary N) is 1. The molecule has 9 nitrogen and oxygen atoms in total. The summed E-state index contributed by atoms with van der Waals surface area (Å²) in [6.07, 6.45) is 3.46. The molecule has 0 spiro atoms. The Morgan fingerprint density at radius 1 is 1.14 bits per heavy atom. The summed E-state index contributed by atoms with van der Waals surface area (Å²) in [5, 5.41) is 13.4. The Balaban J connectivity index is 1.74. The lowest BCUT2D eigenvalue weighted by Crippen LogP contribution is -2.45. The van der Waals surface area contributed by atoms with Crippen molar-refractivity contribution in [3.8, 4) is 11.6 Å². The van der Waals surface area contributed by atoms with Gasteiger partial charge in [-0.05, 0) is 49.1 Å². The number of aromatic nitrogens is 3. The van der Waals surface area contributed by atoms with E-state index in [1.54, 1.807) is 18.5 Å². The monoisotopic (exact) mass is 522 g/mol. The number of rotatable bonds is 6. The molecule has 1 atom stereocenters. The van der Waals surface area contributed by atoms with Gasteiger partial charge in [-0.15, -0.1) is 0 Å². The average Bonchev–Trinajstić information content (AvgIpc) is 3.11. The van der Waals surface area contributed by atoms with Gasteiger partial charge in [-0.25, -0.2) is 9.36 Å². The number of likely N-dealkylation sites (N-methyl/N-ethyl adjacent to an activating group) is 1. The normalized spacial score (nSPS) is 15.6. The van der Waals surface area contributed by atoms with Gasteiger partial charge in [0.05, 0.1) is 23.8 Å². The van der Waals surface area contributed by atoms with Gasteiger partial charge in [-0.3, -0.25) is 14.3 Å². The summed E-state index contributed by atoms with van der Waals surface area (Å²) >= 11 is -0.274. The molecular formula is C23H25F3N6O3S. The summed E-state index contributed by atoms with van der Waals surface area (Å²) in [6, 6.07) is 6.77. The van der Waals surface area contributed by atoms with Crippen molar-refractivity contribution in [2.24, 2.45) is 0 Å². The van der Waals surface area contributed by atoms with Crippen molar-refractivity contribution in [1.82, 2.24) is 24.3 Å². The number of imidazole rings is 1. The summed E-state index contributed by atoms with van der Waals surface area (Å²) < 4.78 is 40.1. The predicted octanol–water partition coefficient (Wildman–Crippen LogP) is 2.79. The molecule has 1 fully saturated rings. The highest BCUT2D eigenvalue weighted by molar-refractivity contribution is 8.00. The van der Waals surface area contributed by atoms with Gasteiger partial charge in [0.15, 0.2) is 0 Å². The Kier molecular flexibility index (Phi) is 7.31. The molecule has 0 radical (unpaired) electrons. The van der Waals surface area contributed by atoms with Crippen LogP contribution in [0.5, 0.6) is 5.88 Å². The topological polar surface area (TPSA) is 95.6 Å². The van der Waals surface area contributed by atoms with Crippen molar-refractivity contribution < 1.29 is 23.1 Å². The second-order valence-electron chi connectivity index (χ2n) is 8.38. The fourth-order valence-corrected chi connectivity index (χ4v) is 4.64. The Morgan fingerprint density at radius 2 is 1.81 bits per heavy atom. The van der Waals surface area contributed by atoms with Crippen LogP contribution in [0.15, 0.2) is 58.6 Å². The highest BCUT2D eigenvalue weighted by Gasteiger charge is 2.30. The number of hydrogen-bond acceptors (Lipinski definition) is 7. The highest BCUT2D eigenvalue weighted by Crippen LogP contribution is 2.37. The first-order chi connectivity index (χ1) is 17.0. The number of carbonyl (C=O) groups excluding carboxylic acids is 1. The molecule has 192 valence electrons. The molecule has 0 aliphatic carbocycles. The molecule has 1 aliphatic heterocycles. The average molecular weight is 523 g/mol. The van der Waals surface area contributed by atoms with Crippen molar-refractivity contribution in [3.63, 3.8) is 0 Å². The van der Waals surface area contributed by atoms with E-state index in [0.29, 0.717) is 5.56 Å². The maximum absolute atomic E-state index is 13.4. The fraction of sp³-hybridized carbons (Fsp3) is 0.348. The minimum Gasteiger partial charge on any atom is -0.493 e. The number of amides is 1. The number of halogens is 3. The third kappa shape index (κ3) is 5.68. The van der Waals surface area contributed by atoms with Gasteiger partial charge in [0.25, 0.3) is 0 Å². The molecule has 36 heavy (non-hydrogen) atoms. The van der Waals surface area contributed by atoms with E-state index in [-0.39, 0.29) is 22.3 Å². The van der Waals surface area contributed by atoms with Gasteiger partial charge in [-0.1, -0.05) is 0 Å². The van der Waals surface area contributed by atoms with Crippen LogP contribution in [-0.4, -0.2) is 68.8 Å². The van der Waals surface area contributed by atoms with Gasteiger partial charge in [0, 0.05) is 49.8 Å². The number of hydrogen-bond donors (Lipinski definition) is 2. The van der Waals surface area contributed by atoms with Crippen molar-refractivity contribution in [3.05, 3.63) is 65.0 Å². The van der Waals surface area contributed by atoms with Crippen molar-refractivity contribution in [2.45, 2.75) is 23.5 Å². The minimum atomic E-state index is -4.44. The molecule has 0 saturated carbocycles. The summed E-state index contributed by atoms with van der Waals surface area (Å²) in [5.74, 6) is -0.824. The smallest absolute Gasteiger partial charge is 0.446 e. The Bertz CT molecular complexity index is 1280. The van der Waals surface area contributed by atoms with Crippen LogP contribution in [0.3, 0.4) is 0 Å². The number of alkyl halides is 3. The number of pyridine rings is 1. The van der Waals surface area contributed by atoms with Crippen LogP contribution in [0, 0.1) is 0 Å². The lowest BCUT2D eigenvalue weighted by molar-refractivity contribution is -0.119. The van der Waals surface area contributed by atoms with E-state index in [9.17, 15) is 27.9 Å². The quantitative estimate of drug-likeness (QED) is 0.481. The van der Waals surface area contributed by atoms with Gasteiger partial charge >= 0.3 is 11.2 Å². The highest BCUT2D eigenvalue weighted by atomic mass is 32.2. The predicted molar refractivity (Wildman–Crippen MR) is 130 cm³/mol. The number of piperazine rings is 1. The Labute approximate surface area is 209 Å². The van der Waals surface area contributed by atoms with E-state index in [0.717, 1.165) is 36.4 Å². The Morgan fingerprint density at radius 3 is 2.42 bits per heavy atom. The van der Waals surface area contributed by atoms with Gasteiger partial charge in [0.2, 0.25) is 11.8 Å². The molecule has 3 heterocycles. The molecule has 1 saturated heterocycles. The van der Waals surface area contributed by atoms with E-state index in [1.807, 2.05) is 7.05 Å². The first-order valence-corrected chi connectivity index (χ1v) is 11.9. The SMILES string of the molecule is CC(=O)NC(c1ccncc1N1CCN(C)CC1)n1cc(O)n(-c2ccc(SC(F)(F)F)cc2)c1=O. The summed E-state index contributed by atoms with van der Waals surface area (Å²) in [6.45, 7) is 4.44. The largest absolute Gasteiger partial charge is 0.493 e. The van der Waals surface area contributed by atoms with Gasteiger partial charge < -0.3 is 20.2 Å². The first kappa shape index (κ1) is 25.6. The van der Waals surface area contributed by atoms with Gasteiger partial charge in [0.1, 0.15) is 6.17 Å². The second kappa shape index (κ2) is 10.3. The third-order valence-electron chi connectivity index (χ3n) is 5.81. The number of carbonyl (C=O) groups is 1. The zero-order valence-corrected chi connectivity index (χ0v) is 20.4. The van der Waals surface area contributed by atoms with E-state index < -0.39 is 29.2 Å². The number of anilines is 1. The van der Waals surface area contributed by atoms with Crippen LogP contribution in [0.1, 0.15) is 18.7 Å². The molecule has 1 aromatic carbocycles.